The molecule has 8 nitrogen and oxygen atoms in total. The number of rotatable bonds is 6. The van der Waals surface area contributed by atoms with Crippen molar-refractivity contribution in [3.8, 4) is 22.8 Å². The summed E-state index contributed by atoms with van der Waals surface area (Å²) in [7, 11) is 0. The normalized spacial score (nSPS) is 32.3. The Bertz CT molecular complexity index is 1590. The molecule has 10 heteroatoms. The Morgan fingerprint density at radius 2 is 1.00 bits per heavy atom. The van der Waals surface area contributed by atoms with Crippen molar-refractivity contribution in [1.29, 1.82) is 0 Å². The summed E-state index contributed by atoms with van der Waals surface area (Å²) in [6.45, 7) is 7.58. The SMILES string of the molecule is CC(O)CC(C)O.Cc1nnc(-c2[c-]cccc2)n1C12CC3CC(CC(C3)C1)C2.Cc1nnc(-c2ccccc2)n1C12CC3CC(CC(C3)C1)C2.[Ir].[Ir]. The zero-order valence-electron chi connectivity index (χ0n) is 31.8. The van der Waals surface area contributed by atoms with E-state index >= 15 is 0 Å². The maximum atomic E-state index is 8.56. The van der Waals surface area contributed by atoms with Crippen LogP contribution in [0, 0.1) is 55.4 Å². The van der Waals surface area contributed by atoms with Crippen LogP contribution in [0.5, 0.6) is 0 Å². The van der Waals surface area contributed by atoms with Gasteiger partial charge in [0, 0.05) is 56.9 Å². The minimum atomic E-state index is -0.375. The molecular formula is C43H57Ir2N6O2-. The molecule has 2 aromatic heterocycles. The van der Waals surface area contributed by atoms with E-state index in [1.54, 1.807) is 13.8 Å². The molecule has 0 saturated heterocycles. The van der Waals surface area contributed by atoms with Crippen LogP contribution in [0.3, 0.4) is 0 Å². The van der Waals surface area contributed by atoms with E-state index < -0.39 is 0 Å². The fourth-order valence-corrected chi connectivity index (χ4v) is 12.5. The van der Waals surface area contributed by atoms with Gasteiger partial charge in [-0.2, -0.15) is 5.10 Å². The van der Waals surface area contributed by atoms with Crippen molar-refractivity contribution in [2.45, 2.75) is 134 Å². The van der Waals surface area contributed by atoms with Crippen molar-refractivity contribution < 1.29 is 50.4 Å². The second-order valence-corrected chi connectivity index (χ2v) is 17.7. The Labute approximate surface area is 343 Å². The topological polar surface area (TPSA) is 102 Å². The molecule has 8 fully saturated rings. The van der Waals surface area contributed by atoms with Crippen LogP contribution >= 0.6 is 0 Å². The monoisotopic (exact) mass is 1080 g/mol. The summed E-state index contributed by atoms with van der Waals surface area (Å²) in [6, 6.07) is 22.1. The number of aliphatic hydroxyl groups excluding tert-OH is 2. The molecule has 2 radical (unpaired) electrons. The smallest absolute Gasteiger partial charge is 0.164 e. The van der Waals surface area contributed by atoms with E-state index in [-0.39, 0.29) is 58.0 Å². The fraction of sp³-hybridized carbons (Fsp3) is 0.628. The third-order valence-electron chi connectivity index (χ3n) is 13.3. The number of hydrogen-bond acceptors (Lipinski definition) is 6. The summed E-state index contributed by atoms with van der Waals surface area (Å²) in [5.74, 6) is 9.90. The molecule has 8 aliphatic rings. The quantitative estimate of drug-likeness (QED) is 0.189. The maximum Gasteiger partial charge on any atom is 0.164 e. The first-order valence-corrected chi connectivity index (χ1v) is 19.8. The van der Waals surface area contributed by atoms with E-state index in [1.807, 2.05) is 12.1 Å². The minimum absolute atomic E-state index is 0. The Morgan fingerprint density at radius 3 is 1.38 bits per heavy atom. The first-order valence-electron chi connectivity index (χ1n) is 19.8. The summed E-state index contributed by atoms with van der Waals surface area (Å²) in [6.07, 6.45) is 16.6. The van der Waals surface area contributed by atoms with Crippen LogP contribution < -0.4 is 0 Å². The molecule has 2 heterocycles. The standard InChI is InChI=1S/C19H23N3.C19H22N3.C5H12O2.2Ir/c2*1-13-20-21-18(17-5-3-2-4-6-17)22(13)19-10-14-7-15(11-19)9-16(8-14)12-19;1-4(6)3-5(2)7;;/h2-6,14-16H,7-12H2,1H3;2-5,14-16H,7-12H2,1H3;4-7H,3H2,1-2H3;;/q;-1;;;. The van der Waals surface area contributed by atoms with Crippen LogP contribution in [-0.4, -0.2) is 51.9 Å². The molecule has 2 N–H and O–H groups in total. The van der Waals surface area contributed by atoms with Crippen molar-refractivity contribution in [3.63, 3.8) is 0 Å². The van der Waals surface area contributed by atoms with Crippen LogP contribution in [0.25, 0.3) is 22.8 Å². The molecule has 0 aliphatic heterocycles. The molecule has 8 bridgehead atoms. The number of hydrogen-bond donors (Lipinski definition) is 2. The van der Waals surface area contributed by atoms with Crippen molar-refractivity contribution >= 4 is 0 Å². The number of aliphatic hydroxyl groups is 2. The van der Waals surface area contributed by atoms with E-state index in [2.05, 4.69) is 91.9 Å². The first kappa shape index (κ1) is 40.6. The van der Waals surface area contributed by atoms with Gasteiger partial charge >= 0.3 is 0 Å². The molecule has 12 rings (SSSR count). The molecule has 53 heavy (non-hydrogen) atoms. The van der Waals surface area contributed by atoms with Crippen LogP contribution in [0.1, 0.15) is 109 Å². The summed E-state index contributed by atoms with van der Waals surface area (Å²) in [4.78, 5) is 0. The van der Waals surface area contributed by atoms with Gasteiger partial charge in [0.05, 0.1) is 18.0 Å². The molecule has 0 amide bonds. The summed E-state index contributed by atoms with van der Waals surface area (Å²) < 4.78 is 5.01. The Kier molecular flexibility index (Phi) is 12.7. The summed E-state index contributed by atoms with van der Waals surface area (Å²) in [5, 5.41) is 35.1. The number of aromatic nitrogens is 6. The van der Waals surface area contributed by atoms with Crippen molar-refractivity contribution in [2.24, 2.45) is 35.5 Å². The maximum absolute atomic E-state index is 8.56. The van der Waals surface area contributed by atoms with Gasteiger partial charge < -0.3 is 19.3 Å². The van der Waals surface area contributed by atoms with Gasteiger partial charge in [-0.25, -0.2) is 0 Å². The number of benzene rings is 2. The Hall–Kier alpha value is -2.06. The Morgan fingerprint density at radius 1 is 0.604 bits per heavy atom. The second-order valence-electron chi connectivity index (χ2n) is 17.7. The van der Waals surface area contributed by atoms with Crippen molar-refractivity contribution in [3.05, 3.63) is 72.3 Å². The molecule has 8 aliphatic carbocycles. The molecule has 290 valence electrons. The van der Waals surface area contributed by atoms with Crippen molar-refractivity contribution in [1.82, 2.24) is 29.5 Å². The van der Waals surface area contributed by atoms with Gasteiger partial charge in [-0.1, -0.05) is 30.3 Å². The van der Waals surface area contributed by atoms with E-state index in [0.29, 0.717) is 12.0 Å². The van der Waals surface area contributed by atoms with Gasteiger partial charge in [0.25, 0.3) is 0 Å². The van der Waals surface area contributed by atoms with Gasteiger partial charge in [-0.15, -0.1) is 51.2 Å². The molecule has 2 aromatic carbocycles. The van der Waals surface area contributed by atoms with Gasteiger partial charge in [0.1, 0.15) is 11.6 Å². The third kappa shape index (κ3) is 8.25. The van der Waals surface area contributed by atoms with Crippen LogP contribution in [0.15, 0.2) is 54.6 Å². The molecule has 0 spiro atoms. The predicted molar refractivity (Wildman–Crippen MR) is 199 cm³/mol. The number of nitrogens with zero attached hydrogens (tertiary/aromatic N) is 6. The molecule has 2 atom stereocenters. The van der Waals surface area contributed by atoms with Gasteiger partial charge in [-0.05, 0) is 147 Å². The summed E-state index contributed by atoms with van der Waals surface area (Å²) in [5.41, 5.74) is 2.87. The van der Waals surface area contributed by atoms with E-state index in [0.717, 1.165) is 64.4 Å². The zero-order valence-corrected chi connectivity index (χ0v) is 36.5. The predicted octanol–water partition coefficient (Wildman–Crippen LogP) is 8.29. The van der Waals surface area contributed by atoms with E-state index in [1.165, 1.54) is 82.6 Å². The fourth-order valence-electron chi connectivity index (χ4n) is 12.5. The van der Waals surface area contributed by atoms with Crippen molar-refractivity contribution in [2.75, 3.05) is 0 Å². The second kappa shape index (κ2) is 16.6. The minimum Gasteiger partial charge on any atom is -0.393 e. The first-order chi connectivity index (χ1) is 24.6. The zero-order chi connectivity index (χ0) is 35.3. The average molecular weight is 1070 g/mol. The third-order valence-corrected chi connectivity index (χ3v) is 13.3. The van der Waals surface area contributed by atoms with Crippen LogP contribution in [0.2, 0.25) is 0 Å². The van der Waals surface area contributed by atoms with E-state index in [4.69, 9.17) is 10.2 Å². The van der Waals surface area contributed by atoms with Gasteiger partial charge in [0.2, 0.25) is 0 Å². The Balaban J connectivity index is 0.000000150. The van der Waals surface area contributed by atoms with Gasteiger partial charge in [-0.3, -0.25) is 0 Å². The summed E-state index contributed by atoms with van der Waals surface area (Å²) >= 11 is 0. The van der Waals surface area contributed by atoms with Gasteiger partial charge in [0.15, 0.2) is 5.82 Å². The molecule has 4 aromatic rings. The molecule has 8 saturated carbocycles. The van der Waals surface area contributed by atoms with Crippen LogP contribution in [-0.2, 0) is 51.3 Å². The molecule has 2 unspecified atom stereocenters. The number of aryl methyl sites for hydroxylation is 2. The van der Waals surface area contributed by atoms with Crippen LogP contribution in [0.4, 0.5) is 0 Å². The molecular weight excluding hydrogens is 1020 g/mol. The van der Waals surface area contributed by atoms with E-state index in [9.17, 15) is 0 Å². The average Bonchev–Trinajstić information content (AvgIpc) is 3.68. The largest absolute Gasteiger partial charge is 0.393 e.